The predicted octanol–water partition coefficient (Wildman–Crippen LogP) is 0.819. The van der Waals surface area contributed by atoms with Crippen LogP contribution in [0.3, 0.4) is 0 Å². The maximum absolute atomic E-state index is 11.6. The summed E-state index contributed by atoms with van der Waals surface area (Å²) in [5.74, 6) is -0.787. The standard InChI is InChI=1S/C9H14O4S/c10-8(11)5-9(3-4-9)6-14(12,13)7-1-2-7/h7H,1-6H2,(H,10,11). The van der Waals surface area contributed by atoms with Gasteiger partial charge >= 0.3 is 5.97 Å². The second kappa shape index (κ2) is 2.95. The molecule has 2 rings (SSSR count). The average molecular weight is 218 g/mol. The van der Waals surface area contributed by atoms with E-state index in [0.29, 0.717) is 0 Å². The fourth-order valence-electron chi connectivity index (χ4n) is 1.84. The second-order valence-corrected chi connectivity index (χ2v) is 6.86. The van der Waals surface area contributed by atoms with E-state index in [9.17, 15) is 13.2 Å². The molecule has 0 bridgehead atoms. The number of aliphatic carboxylic acids is 1. The molecule has 0 aliphatic heterocycles. The highest BCUT2D eigenvalue weighted by Gasteiger charge is 2.50. The summed E-state index contributed by atoms with van der Waals surface area (Å²) < 4.78 is 23.3. The summed E-state index contributed by atoms with van der Waals surface area (Å²) in [4.78, 5) is 10.5. The molecule has 0 saturated heterocycles. The van der Waals surface area contributed by atoms with Crippen molar-refractivity contribution in [1.29, 1.82) is 0 Å². The summed E-state index contributed by atoms with van der Waals surface area (Å²) in [5.41, 5.74) is -0.409. The molecule has 2 aliphatic rings. The number of carboxylic acids is 1. The van der Waals surface area contributed by atoms with Crippen molar-refractivity contribution in [2.24, 2.45) is 5.41 Å². The third-order valence-corrected chi connectivity index (χ3v) is 5.52. The fourth-order valence-corrected chi connectivity index (χ4v) is 4.18. The first kappa shape index (κ1) is 9.96. The van der Waals surface area contributed by atoms with E-state index in [0.717, 1.165) is 25.7 Å². The van der Waals surface area contributed by atoms with Gasteiger partial charge < -0.3 is 5.11 Å². The molecule has 2 fully saturated rings. The third-order valence-electron chi connectivity index (χ3n) is 3.02. The largest absolute Gasteiger partial charge is 0.481 e. The molecule has 0 heterocycles. The van der Waals surface area contributed by atoms with Crippen LogP contribution in [0.4, 0.5) is 0 Å². The van der Waals surface area contributed by atoms with Crippen molar-refractivity contribution in [3.05, 3.63) is 0 Å². The van der Waals surface area contributed by atoms with E-state index in [-0.39, 0.29) is 17.4 Å². The highest BCUT2D eigenvalue weighted by Crippen LogP contribution is 2.51. The van der Waals surface area contributed by atoms with E-state index in [4.69, 9.17) is 5.11 Å². The van der Waals surface area contributed by atoms with Crippen LogP contribution in [0.25, 0.3) is 0 Å². The van der Waals surface area contributed by atoms with E-state index in [1.807, 2.05) is 0 Å². The Morgan fingerprint density at radius 1 is 1.36 bits per heavy atom. The maximum Gasteiger partial charge on any atom is 0.303 e. The van der Waals surface area contributed by atoms with Crippen LogP contribution in [0.2, 0.25) is 0 Å². The zero-order valence-corrected chi connectivity index (χ0v) is 8.72. The summed E-state index contributed by atoms with van der Waals surface area (Å²) in [6.45, 7) is 0. The van der Waals surface area contributed by atoms with Gasteiger partial charge in [0.1, 0.15) is 0 Å². The average Bonchev–Trinajstić information content (AvgIpc) is 2.75. The van der Waals surface area contributed by atoms with Crippen molar-refractivity contribution in [1.82, 2.24) is 0 Å². The molecule has 0 aromatic carbocycles. The van der Waals surface area contributed by atoms with E-state index in [2.05, 4.69) is 0 Å². The summed E-state index contributed by atoms with van der Waals surface area (Å²) in [7, 11) is -2.99. The fraction of sp³-hybridized carbons (Fsp3) is 0.889. The lowest BCUT2D eigenvalue weighted by Crippen LogP contribution is -2.23. The number of sulfone groups is 1. The molecule has 80 valence electrons. The van der Waals surface area contributed by atoms with E-state index in [1.54, 1.807) is 0 Å². The van der Waals surface area contributed by atoms with Gasteiger partial charge in [-0.2, -0.15) is 0 Å². The quantitative estimate of drug-likeness (QED) is 0.741. The predicted molar refractivity (Wildman–Crippen MR) is 50.7 cm³/mol. The minimum atomic E-state index is -2.99. The molecular weight excluding hydrogens is 204 g/mol. The highest BCUT2D eigenvalue weighted by atomic mass is 32.2. The lowest BCUT2D eigenvalue weighted by molar-refractivity contribution is -0.138. The van der Waals surface area contributed by atoms with Crippen molar-refractivity contribution in [2.75, 3.05) is 5.75 Å². The topological polar surface area (TPSA) is 71.4 Å². The summed E-state index contributed by atoms with van der Waals surface area (Å²) in [6, 6.07) is 0. The Bertz CT molecular complexity index is 349. The minimum absolute atomic E-state index is 0.0128. The molecule has 0 unspecified atom stereocenters. The Hall–Kier alpha value is -0.580. The van der Waals surface area contributed by atoms with Crippen LogP contribution in [-0.4, -0.2) is 30.5 Å². The Labute approximate surface area is 83.2 Å². The normalized spacial score (nSPS) is 24.6. The van der Waals surface area contributed by atoms with Gasteiger partial charge in [-0.3, -0.25) is 4.79 Å². The summed E-state index contributed by atoms with van der Waals surface area (Å²) >= 11 is 0. The van der Waals surface area contributed by atoms with Crippen molar-refractivity contribution in [3.8, 4) is 0 Å². The molecule has 2 saturated carbocycles. The molecule has 14 heavy (non-hydrogen) atoms. The van der Waals surface area contributed by atoms with E-state index < -0.39 is 21.2 Å². The van der Waals surface area contributed by atoms with Crippen molar-refractivity contribution in [2.45, 2.75) is 37.4 Å². The van der Waals surface area contributed by atoms with Crippen LogP contribution in [0.5, 0.6) is 0 Å². The highest BCUT2D eigenvalue weighted by molar-refractivity contribution is 7.92. The lowest BCUT2D eigenvalue weighted by atomic mass is 10.1. The first-order chi connectivity index (χ1) is 6.44. The lowest BCUT2D eigenvalue weighted by Gasteiger charge is -2.11. The van der Waals surface area contributed by atoms with Gasteiger partial charge in [-0.05, 0) is 31.1 Å². The monoisotopic (exact) mass is 218 g/mol. The molecule has 4 nitrogen and oxygen atoms in total. The summed E-state index contributed by atoms with van der Waals surface area (Å²) in [5, 5.41) is 8.49. The van der Waals surface area contributed by atoms with Gasteiger partial charge in [-0.1, -0.05) is 0 Å². The van der Waals surface area contributed by atoms with E-state index in [1.165, 1.54) is 0 Å². The first-order valence-electron chi connectivity index (χ1n) is 4.87. The Morgan fingerprint density at radius 2 is 1.93 bits per heavy atom. The molecule has 0 atom stereocenters. The Kier molecular flexibility index (Phi) is 2.10. The molecular formula is C9H14O4S. The summed E-state index contributed by atoms with van der Waals surface area (Å²) in [6.07, 6.45) is 3.06. The first-order valence-corrected chi connectivity index (χ1v) is 6.59. The SMILES string of the molecule is O=C(O)CC1(CS(=O)(=O)C2CC2)CC1. The zero-order valence-electron chi connectivity index (χ0n) is 7.90. The van der Waals surface area contributed by atoms with Crippen LogP contribution >= 0.6 is 0 Å². The van der Waals surface area contributed by atoms with Gasteiger partial charge in [0.2, 0.25) is 0 Å². The molecule has 0 aromatic heterocycles. The molecule has 0 radical (unpaired) electrons. The van der Waals surface area contributed by atoms with Crippen molar-refractivity contribution < 1.29 is 18.3 Å². The van der Waals surface area contributed by atoms with Gasteiger partial charge in [0.25, 0.3) is 0 Å². The van der Waals surface area contributed by atoms with Crippen LogP contribution in [-0.2, 0) is 14.6 Å². The van der Waals surface area contributed by atoms with E-state index >= 15 is 0 Å². The van der Waals surface area contributed by atoms with Gasteiger partial charge in [0, 0.05) is 0 Å². The van der Waals surface area contributed by atoms with Crippen LogP contribution in [0.1, 0.15) is 32.1 Å². The Morgan fingerprint density at radius 3 is 2.29 bits per heavy atom. The van der Waals surface area contributed by atoms with Gasteiger partial charge in [0.15, 0.2) is 9.84 Å². The van der Waals surface area contributed by atoms with Gasteiger partial charge in [-0.15, -0.1) is 0 Å². The second-order valence-electron chi connectivity index (χ2n) is 4.58. The molecule has 0 amide bonds. The van der Waals surface area contributed by atoms with Crippen molar-refractivity contribution >= 4 is 15.8 Å². The molecule has 2 aliphatic carbocycles. The maximum atomic E-state index is 11.6. The number of carbonyl (C=O) groups is 1. The van der Waals surface area contributed by atoms with Crippen LogP contribution in [0.15, 0.2) is 0 Å². The molecule has 0 spiro atoms. The van der Waals surface area contributed by atoms with Crippen LogP contribution in [0, 0.1) is 5.41 Å². The van der Waals surface area contributed by atoms with Gasteiger partial charge in [0.05, 0.1) is 17.4 Å². The minimum Gasteiger partial charge on any atom is -0.481 e. The Balaban J connectivity index is 1.99. The smallest absolute Gasteiger partial charge is 0.303 e. The van der Waals surface area contributed by atoms with Crippen LogP contribution < -0.4 is 0 Å². The van der Waals surface area contributed by atoms with Gasteiger partial charge in [-0.25, -0.2) is 8.42 Å². The number of rotatable bonds is 5. The zero-order chi connectivity index (χ0) is 10.4. The third kappa shape index (κ3) is 2.08. The number of carboxylic acid groups (broad SMARTS) is 1. The molecule has 0 aromatic rings. The molecule has 1 N–H and O–H groups in total. The number of hydrogen-bond acceptors (Lipinski definition) is 3. The number of hydrogen-bond donors (Lipinski definition) is 1. The van der Waals surface area contributed by atoms with Crippen molar-refractivity contribution in [3.63, 3.8) is 0 Å². The molecule has 5 heteroatoms.